The van der Waals surface area contributed by atoms with Gasteiger partial charge in [-0.25, -0.2) is 4.98 Å². The Balaban J connectivity index is 1.25. The van der Waals surface area contributed by atoms with E-state index in [4.69, 9.17) is 37.4 Å². The number of anilines is 2. The molecular weight excluding hydrogens is 719 g/mol. The van der Waals surface area contributed by atoms with Crippen LogP contribution >= 0.6 is 46.3 Å². The second-order valence-electron chi connectivity index (χ2n) is 10.3. The summed E-state index contributed by atoms with van der Waals surface area (Å²) in [4.78, 5) is 44.6. The maximum Gasteiger partial charge on any atom is 0.272 e. The van der Waals surface area contributed by atoms with Crippen LogP contribution in [0.15, 0.2) is 101 Å². The summed E-state index contributed by atoms with van der Waals surface area (Å²) in [7, 11) is 4.46. The number of nitrogens with one attached hydrogen (secondary N) is 3. The highest BCUT2D eigenvalue weighted by Gasteiger charge is 2.18. The summed E-state index contributed by atoms with van der Waals surface area (Å²) in [6.07, 6.45) is 1.51. The Hall–Kier alpha value is -5.01. The Kier molecular flexibility index (Phi) is 12.4. The SMILES string of the molecule is COc1cc(/C=C(\NC(=O)c2ccccc2)C(=O)Nc2ccc(SCC(=O)Nc3nc(-c4ccc(Cl)cc4Cl)cs3)cc2)cc(OC)c1OC. The molecule has 1 aromatic heterocycles. The van der Waals surface area contributed by atoms with Crippen molar-refractivity contribution in [2.24, 2.45) is 0 Å². The minimum atomic E-state index is -0.564. The van der Waals surface area contributed by atoms with Crippen molar-refractivity contribution >= 4 is 80.9 Å². The summed E-state index contributed by atoms with van der Waals surface area (Å²) in [5.41, 5.74) is 2.71. The molecule has 10 nitrogen and oxygen atoms in total. The summed E-state index contributed by atoms with van der Waals surface area (Å²) in [5.74, 6) is 0.0272. The van der Waals surface area contributed by atoms with Gasteiger partial charge in [-0.1, -0.05) is 41.4 Å². The smallest absolute Gasteiger partial charge is 0.272 e. The van der Waals surface area contributed by atoms with Gasteiger partial charge in [0.2, 0.25) is 11.7 Å². The largest absolute Gasteiger partial charge is 0.493 e. The minimum absolute atomic E-state index is 0.0214. The van der Waals surface area contributed by atoms with Crippen LogP contribution in [0.5, 0.6) is 17.2 Å². The van der Waals surface area contributed by atoms with E-state index in [-0.39, 0.29) is 17.4 Å². The monoisotopic (exact) mass is 748 g/mol. The van der Waals surface area contributed by atoms with Crippen molar-refractivity contribution in [3.8, 4) is 28.5 Å². The topological polar surface area (TPSA) is 128 Å². The number of hydrogen-bond donors (Lipinski definition) is 3. The molecule has 0 aliphatic heterocycles. The van der Waals surface area contributed by atoms with E-state index in [2.05, 4.69) is 20.9 Å². The molecule has 3 N–H and O–H groups in total. The maximum absolute atomic E-state index is 13.6. The van der Waals surface area contributed by atoms with Crippen molar-refractivity contribution < 1.29 is 28.6 Å². The van der Waals surface area contributed by atoms with Crippen molar-refractivity contribution in [1.82, 2.24) is 10.3 Å². The number of halogens is 2. The van der Waals surface area contributed by atoms with Crippen molar-refractivity contribution in [1.29, 1.82) is 0 Å². The van der Waals surface area contributed by atoms with Crippen molar-refractivity contribution in [3.05, 3.63) is 117 Å². The first-order valence-electron chi connectivity index (χ1n) is 14.8. The molecule has 5 aromatic rings. The molecule has 14 heteroatoms. The zero-order valence-electron chi connectivity index (χ0n) is 26.9. The van der Waals surface area contributed by atoms with Gasteiger partial charge in [0.25, 0.3) is 11.8 Å². The summed E-state index contributed by atoms with van der Waals surface area (Å²) in [5, 5.41) is 11.6. The average molecular weight is 750 g/mol. The minimum Gasteiger partial charge on any atom is -0.493 e. The first-order valence-corrected chi connectivity index (χ1v) is 17.4. The van der Waals surface area contributed by atoms with Gasteiger partial charge in [0.1, 0.15) is 5.70 Å². The molecule has 0 aliphatic rings. The average Bonchev–Trinajstić information content (AvgIpc) is 3.58. The van der Waals surface area contributed by atoms with E-state index >= 15 is 0 Å². The van der Waals surface area contributed by atoms with Crippen LogP contribution < -0.4 is 30.2 Å². The third kappa shape index (κ3) is 9.36. The lowest BCUT2D eigenvalue weighted by Gasteiger charge is -2.15. The number of methoxy groups -OCH3 is 3. The lowest BCUT2D eigenvalue weighted by molar-refractivity contribution is -0.114. The number of carbonyl (C=O) groups is 3. The Morgan fingerprint density at radius 1 is 0.860 bits per heavy atom. The number of hydrogen-bond acceptors (Lipinski definition) is 9. The van der Waals surface area contributed by atoms with E-state index in [0.29, 0.717) is 54.9 Å². The van der Waals surface area contributed by atoms with E-state index in [1.807, 2.05) is 5.38 Å². The third-order valence-corrected chi connectivity index (χ3v) is 9.28. The highest BCUT2D eigenvalue weighted by atomic mass is 35.5. The number of thiazole rings is 1. The van der Waals surface area contributed by atoms with Gasteiger partial charge in [-0.15, -0.1) is 23.1 Å². The molecule has 4 aromatic carbocycles. The molecule has 256 valence electrons. The number of thioether (sulfide) groups is 1. The van der Waals surface area contributed by atoms with Gasteiger partial charge in [-0.05, 0) is 78.4 Å². The van der Waals surface area contributed by atoms with E-state index in [9.17, 15) is 14.4 Å². The van der Waals surface area contributed by atoms with Crippen LogP contribution in [0.2, 0.25) is 10.0 Å². The van der Waals surface area contributed by atoms with Crippen LogP contribution in [0, 0.1) is 0 Å². The Morgan fingerprint density at radius 2 is 1.56 bits per heavy atom. The van der Waals surface area contributed by atoms with Crippen LogP contribution in [0.4, 0.5) is 10.8 Å². The second kappa shape index (κ2) is 17.1. The standard InChI is InChI=1S/C36H30Cl2N4O6S2/c1-46-30-16-21(17-31(47-2)33(30)48-3)15-28(40-34(44)22-7-5-4-6-8-22)35(45)39-24-10-12-25(13-11-24)49-20-32(43)42-36-41-29(19-50-36)26-14-9-23(37)18-27(26)38/h4-19H,20H2,1-3H3,(H,39,45)(H,40,44)(H,41,42,43)/b28-15-. The van der Waals surface area contributed by atoms with E-state index in [1.165, 1.54) is 50.5 Å². The number of benzene rings is 4. The van der Waals surface area contributed by atoms with Crippen molar-refractivity contribution in [2.75, 3.05) is 37.7 Å². The van der Waals surface area contributed by atoms with Crippen LogP contribution in [-0.2, 0) is 9.59 Å². The van der Waals surface area contributed by atoms with Gasteiger partial charge >= 0.3 is 0 Å². The first-order chi connectivity index (χ1) is 24.2. The quantitative estimate of drug-likeness (QED) is 0.0811. The van der Waals surface area contributed by atoms with Crippen LogP contribution in [-0.4, -0.2) is 49.8 Å². The molecule has 0 radical (unpaired) electrons. The van der Waals surface area contributed by atoms with Gasteiger partial charge in [0.15, 0.2) is 16.6 Å². The summed E-state index contributed by atoms with van der Waals surface area (Å²) in [6.45, 7) is 0. The molecule has 5 rings (SSSR count). The molecule has 50 heavy (non-hydrogen) atoms. The van der Waals surface area contributed by atoms with Crippen LogP contribution in [0.1, 0.15) is 15.9 Å². The molecule has 0 aliphatic carbocycles. The van der Waals surface area contributed by atoms with E-state index in [0.717, 1.165) is 10.5 Å². The highest BCUT2D eigenvalue weighted by molar-refractivity contribution is 8.00. The number of ether oxygens (including phenoxy) is 3. The predicted octanol–water partition coefficient (Wildman–Crippen LogP) is 8.28. The molecular formula is C36H30Cl2N4O6S2. The van der Waals surface area contributed by atoms with Gasteiger partial charge in [0, 0.05) is 32.1 Å². The molecule has 0 saturated heterocycles. The zero-order chi connectivity index (χ0) is 35.6. The van der Waals surface area contributed by atoms with Gasteiger partial charge < -0.3 is 30.2 Å². The van der Waals surface area contributed by atoms with Crippen molar-refractivity contribution in [3.63, 3.8) is 0 Å². The summed E-state index contributed by atoms with van der Waals surface area (Å²) in [6, 6.07) is 24.0. The number of nitrogens with zero attached hydrogens (tertiary/aromatic N) is 1. The number of rotatable bonds is 13. The zero-order valence-corrected chi connectivity index (χ0v) is 30.1. The van der Waals surface area contributed by atoms with Crippen molar-refractivity contribution in [2.45, 2.75) is 4.90 Å². The maximum atomic E-state index is 13.6. The number of carbonyl (C=O) groups excluding carboxylic acids is 3. The molecule has 0 unspecified atom stereocenters. The Bertz CT molecular complexity index is 2010. The molecule has 3 amide bonds. The van der Waals surface area contributed by atoms with E-state index in [1.54, 1.807) is 84.9 Å². The molecule has 0 fully saturated rings. The summed E-state index contributed by atoms with van der Waals surface area (Å²) < 4.78 is 16.3. The lowest BCUT2D eigenvalue weighted by Crippen LogP contribution is -2.30. The molecule has 1 heterocycles. The molecule has 0 atom stereocenters. The second-order valence-corrected chi connectivity index (χ2v) is 13.1. The Labute approximate surface area is 306 Å². The van der Waals surface area contributed by atoms with Gasteiger partial charge in [-0.3, -0.25) is 14.4 Å². The van der Waals surface area contributed by atoms with E-state index < -0.39 is 11.8 Å². The Morgan fingerprint density at radius 3 is 2.20 bits per heavy atom. The lowest BCUT2D eigenvalue weighted by atomic mass is 10.1. The molecule has 0 bridgehead atoms. The summed E-state index contributed by atoms with van der Waals surface area (Å²) >= 11 is 14.9. The fourth-order valence-corrected chi connectivity index (χ4v) is 6.51. The number of aromatic nitrogens is 1. The van der Waals surface area contributed by atoms with Gasteiger partial charge in [-0.2, -0.15) is 0 Å². The van der Waals surface area contributed by atoms with Crippen LogP contribution in [0.3, 0.4) is 0 Å². The normalized spacial score (nSPS) is 11.0. The van der Waals surface area contributed by atoms with Crippen LogP contribution in [0.25, 0.3) is 17.3 Å². The van der Waals surface area contributed by atoms with Gasteiger partial charge in [0.05, 0.1) is 37.8 Å². The molecule has 0 spiro atoms. The fraction of sp³-hybridized carbons (Fsp3) is 0.111. The molecule has 0 saturated carbocycles. The predicted molar refractivity (Wildman–Crippen MR) is 200 cm³/mol. The highest BCUT2D eigenvalue weighted by Crippen LogP contribution is 2.39. The third-order valence-electron chi connectivity index (χ3n) is 6.97. The first kappa shape index (κ1) is 36.3. The fourth-order valence-electron chi connectivity index (χ4n) is 4.58. The number of amides is 3.